The lowest BCUT2D eigenvalue weighted by Crippen LogP contribution is -2.35. The van der Waals surface area contributed by atoms with Gasteiger partial charge in [0.05, 0.1) is 13.2 Å². The lowest BCUT2D eigenvalue weighted by molar-refractivity contribution is 0.0494. The summed E-state index contributed by atoms with van der Waals surface area (Å²) < 4.78 is 37.1. The molecule has 21 heavy (non-hydrogen) atoms. The van der Waals surface area contributed by atoms with Crippen LogP contribution in [0.2, 0.25) is 0 Å². The first-order valence-electron chi connectivity index (χ1n) is 7.37. The van der Waals surface area contributed by atoms with E-state index >= 15 is 0 Å². The molecule has 1 N–H and O–H groups in total. The summed E-state index contributed by atoms with van der Waals surface area (Å²) in [5.41, 5.74) is 0. The van der Waals surface area contributed by atoms with Crippen molar-refractivity contribution < 1.29 is 17.6 Å². The van der Waals surface area contributed by atoms with Gasteiger partial charge in [-0.05, 0) is 37.4 Å². The molecular weight excluding hydrogens is 292 g/mol. The van der Waals surface area contributed by atoms with E-state index in [1.165, 1.54) is 10.4 Å². The van der Waals surface area contributed by atoms with E-state index in [0.717, 1.165) is 26.0 Å². The summed E-state index contributed by atoms with van der Waals surface area (Å²) in [5, 5.41) is 3.11. The van der Waals surface area contributed by atoms with Gasteiger partial charge in [0.25, 0.3) is 10.0 Å². The van der Waals surface area contributed by atoms with E-state index in [4.69, 9.17) is 9.15 Å². The summed E-state index contributed by atoms with van der Waals surface area (Å²) in [6, 6.07) is 3.23. The lowest BCUT2D eigenvalue weighted by Gasteiger charge is -2.26. The minimum Gasteiger partial charge on any atom is -0.447 e. The standard InChI is InChI=1S/C14H24N2O4S/c1-3-15-9-13-6-7-14(20-13)21(17,18)16(2)10-12-5-4-8-19-11-12/h6-7,12,15H,3-5,8-11H2,1-2H3. The summed E-state index contributed by atoms with van der Waals surface area (Å²) in [4.78, 5) is 0. The van der Waals surface area contributed by atoms with Gasteiger partial charge >= 0.3 is 0 Å². The van der Waals surface area contributed by atoms with Crippen LogP contribution in [0.3, 0.4) is 0 Å². The molecule has 0 saturated carbocycles. The fourth-order valence-electron chi connectivity index (χ4n) is 2.41. The molecule has 0 radical (unpaired) electrons. The summed E-state index contributed by atoms with van der Waals surface area (Å²) in [6.07, 6.45) is 2.00. The highest BCUT2D eigenvalue weighted by Gasteiger charge is 2.27. The van der Waals surface area contributed by atoms with E-state index in [1.54, 1.807) is 13.1 Å². The van der Waals surface area contributed by atoms with Gasteiger partial charge in [-0.1, -0.05) is 6.92 Å². The maximum Gasteiger partial charge on any atom is 0.276 e. The number of hydrogen-bond acceptors (Lipinski definition) is 5. The molecule has 1 aromatic heterocycles. The minimum absolute atomic E-state index is 0.00892. The number of nitrogens with one attached hydrogen (secondary N) is 1. The van der Waals surface area contributed by atoms with Gasteiger partial charge < -0.3 is 14.5 Å². The Labute approximate surface area is 126 Å². The molecule has 1 fully saturated rings. The van der Waals surface area contributed by atoms with Crippen LogP contribution in [-0.2, 0) is 21.3 Å². The fraction of sp³-hybridized carbons (Fsp3) is 0.714. The van der Waals surface area contributed by atoms with E-state index in [9.17, 15) is 8.42 Å². The molecule has 1 aromatic rings. The van der Waals surface area contributed by atoms with Gasteiger partial charge in [0.15, 0.2) is 0 Å². The SMILES string of the molecule is CCNCc1ccc(S(=O)(=O)N(C)CC2CCCOC2)o1. The number of nitrogens with zero attached hydrogens (tertiary/aromatic N) is 1. The highest BCUT2D eigenvalue weighted by molar-refractivity contribution is 7.89. The zero-order valence-corrected chi connectivity index (χ0v) is 13.5. The third kappa shape index (κ3) is 4.29. The molecule has 0 bridgehead atoms. The lowest BCUT2D eigenvalue weighted by atomic mass is 10.0. The van der Waals surface area contributed by atoms with E-state index in [-0.39, 0.29) is 11.0 Å². The van der Waals surface area contributed by atoms with Crippen LogP contribution in [-0.4, -0.2) is 46.1 Å². The third-order valence-corrected chi connectivity index (χ3v) is 5.32. The normalized spacial score (nSPS) is 20.0. The van der Waals surface area contributed by atoms with Crippen LogP contribution in [0.1, 0.15) is 25.5 Å². The van der Waals surface area contributed by atoms with Crippen molar-refractivity contribution in [2.24, 2.45) is 5.92 Å². The Hall–Kier alpha value is -0.890. The molecule has 120 valence electrons. The van der Waals surface area contributed by atoms with Crippen LogP contribution in [0.4, 0.5) is 0 Å². The second kappa shape index (κ2) is 7.40. The molecule has 1 atom stereocenters. The smallest absolute Gasteiger partial charge is 0.276 e. The minimum atomic E-state index is -3.56. The van der Waals surface area contributed by atoms with Crippen LogP contribution >= 0.6 is 0 Å². The Kier molecular flexibility index (Phi) is 5.80. The average molecular weight is 316 g/mol. The van der Waals surface area contributed by atoms with Crippen molar-refractivity contribution in [1.29, 1.82) is 0 Å². The summed E-state index contributed by atoms with van der Waals surface area (Å²) in [6.45, 7) is 5.20. The summed E-state index contributed by atoms with van der Waals surface area (Å²) in [5.74, 6) is 0.888. The van der Waals surface area contributed by atoms with E-state index in [1.807, 2.05) is 6.92 Å². The maximum absolute atomic E-state index is 12.5. The quantitative estimate of drug-likeness (QED) is 0.824. The number of ether oxygens (including phenoxy) is 1. The zero-order valence-electron chi connectivity index (χ0n) is 12.7. The number of hydrogen-bond donors (Lipinski definition) is 1. The number of furan rings is 1. The van der Waals surface area contributed by atoms with Crippen LogP contribution in [0, 0.1) is 5.92 Å². The predicted octanol–water partition coefficient (Wildman–Crippen LogP) is 1.44. The van der Waals surface area contributed by atoms with Gasteiger partial charge in [0.2, 0.25) is 5.09 Å². The Morgan fingerprint density at radius 2 is 2.24 bits per heavy atom. The monoisotopic (exact) mass is 316 g/mol. The first-order valence-corrected chi connectivity index (χ1v) is 8.81. The molecular formula is C14H24N2O4S. The number of sulfonamides is 1. The van der Waals surface area contributed by atoms with Crippen molar-refractivity contribution >= 4 is 10.0 Å². The van der Waals surface area contributed by atoms with Crippen molar-refractivity contribution in [3.05, 3.63) is 17.9 Å². The highest BCUT2D eigenvalue weighted by atomic mass is 32.2. The van der Waals surface area contributed by atoms with E-state index < -0.39 is 10.0 Å². The highest BCUT2D eigenvalue weighted by Crippen LogP contribution is 2.21. The first kappa shape index (κ1) is 16.5. The molecule has 0 spiro atoms. The molecule has 1 unspecified atom stereocenters. The Morgan fingerprint density at radius 3 is 2.90 bits per heavy atom. The molecule has 0 aromatic carbocycles. The van der Waals surface area contributed by atoms with Gasteiger partial charge in [-0.15, -0.1) is 0 Å². The second-order valence-electron chi connectivity index (χ2n) is 5.37. The second-order valence-corrected chi connectivity index (χ2v) is 7.35. The molecule has 0 aliphatic carbocycles. The van der Waals surface area contributed by atoms with E-state index in [0.29, 0.717) is 25.5 Å². The molecule has 1 saturated heterocycles. The van der Waals surface area contributed by atoms with Crippen LogP contribution in [0.15, 0.2) is 21.6 Å². The molecule has 6 nitrogen and oxygen atoms in total. The van der Waals surface area contributed by atoms with Crippen molar-refractivity contribution in [3.63, 3.8) is 0 Å². The predicted molar refractivity (Wildman–Crippen MR) is 79.4 cm³/mol. The Bertz CT molecular complexity index is 535. The van der Waals surface area contributed by atoms with Gasteiger partial charge in [0, 0.05) is 20.2 Å². The topological polar surface area (TPSA) is 71.8 Å². The van der Waals surface area contributed by atoms with E-state index in [2.05, 4.69) is 5.32 Å². The molecule has 7 heteroatoms. The summed E-state index contributed by atoms with van der Waals surface area (Å²) >= 11 is 0. The van der Waals surface area contributed by atoms with Crippen molar-refractivity contribution in [2.75, 3.05) is 33.4 Å². The van der Waals surface area contributed by atoms with Crippen LogP contribution in [0.5, 0.6) is 0 Å². The fourth-order valence-corrected chi connectivity index (χ4v) is 3.57. The van der Waals surface area contributed by atoms with Crippen molar-refractivity contribution in [3.8, 4) is 0 Å². The first-order chi connectivity index (χ1) is 10.0. The van der Waals surface area contributed by atoms with Gasteiger partial charge in [-0.3, -0.25) is 0 Å². The maximum atomic E-state index is 12.5. The van der Waals surface area contributed by atoms with Crippen LogP contribution in [0.25, 0.3) is 0 Å². The Morgan fingerprint density at radius 1 is 1.43 bits per heavy atom. The van der Waals surface area contributed by atoms with Crippen molar-refractivity contribution in [2.45, 2.75) is 31.4 Å². The van der Waals surface area contributed by atoms with Crippen LogP contribution < -0.4 is 5.32 Å². The van der Waals surface area contributed by atoms with Crippen molar-refractivity contribution in [1.82, 2.24) is 9.62 Å². The van der Waals surface area contributed by atoms with Gasteiger partial charge in [0.1, 0.15) is 5.76 Å². The average Bonchev–Trinajstić information content (AvgIpc) is 2.95. The van der Waals surface area contributed by atoms with Gasteiger partial charge in [-0.25, -0.2) is 8.42 Å². The molecule has 1 aliphatic heterocycles. The zero-order chi connectivity index (χ0) is 15.3. The largest absolute Gasteiger partial charge is 0.447 e. The molecule has 1 aliphatic rings. The molecule has 0 amide bonds. The molecule has 2 rings (SSSR count). The Balaban J connectivity index is 2.00. The van der Waals surface area contributed by atoms with Gasteiger partial charge in [-0.2, -0.15) is 4.31 Å². The molecule has 2 heterocycles. The summed E-state index contributed by atoms with van der Waals surface area (Å²) in [7, 11) is -1.97. The third-order valence-electron chi connectivity index (χ3n) is 3.62. The number of rotatable bonds is 7.